The van der Waals surface area contributed by atoms with Gasteiger partial charge >= 0.3 is 5.97 Å². The van der Waals surface area contributed by atoms with Gasteiger partial charge in [0, 0.05) is 11.1 Å². The number of hydrogen-bond donors (Lipinski definition) is 1. The number of rotatable bonds is 6. The summed E-state index contributed by atoms with van der Waals surface area (Å²) in [7, 11) is 0. The molecule has 1 atom stereocenters. The number of carboxylic acid groups (broad SMARTS) is 1. The summed E-state index contributed by atoms with van der Waals surface area (Å²) in [5.41, 5.74) is 2.76. The average molecular weight is 412 g/mol. The number of aliphatic carboxylic acids is 1. The van der Waals surface area contributed by atoms with Gasteiger partial charge in [0.25, 0.3) is 0 Å². The van der Waals surface area contributed by atoms with Crippen LogP contribution in [0.2, 0.25) is 0 Å². The van der Waals surface area contributed by atoms with Crippen molar-refractivity contribution in [2.45, 2.75) is 6.10 Å². The Hall–Kier alpha value is -3.95. The van der Waals surface area contributed by atoms with E-state index in [-0.39, 0.29) is 11.4 Å². The summed E-state index contributed by atoms with van der Waals surface area (Å²) in [5.74, 6) is -1.16. The number of benzene rings is 2. The Bertz CT molecular complexity index is 1200. The summed E-state index contributed by atoms with van der Waals surface area (Å²) in [6.07, 6.45) is -1.28. The highest BCUT2D eigenvalue weighted by Crippen LogP contribution is 2.36. The van der Waals surface area contributed by atoms with Crippen molar-refractivity contribution in [1.29, 1.82) is 5.26 Å². The van der Waals surface area contributed by atoms with Gasteiger partial charge in [0.05, 0.1) is 10.6 Å². The molecule has 0 saturated carbocycles. The van der Waals surface area contributed by atoms with Gasteiger partial charge in [-0.3, -0.25) is 0 Å². The van der Waals surface area contributed by atoms with E-state index in [1.54, 1.807) is 30.3 Å². The molecule has 6 heteroatoms. The first-order valence-electron chi connectivity index (χ1n) is 9.16. The van der Waals surface area contributed by atoms with Crippen LogP contribution in [0.25, 0.3) is 21.7 Å². The second-order valence-electron chi connectivity index (χ2n) is 6.44. The zero-order valence-corrected chi connectivity index (χ0v) is 16.5. The lowest BCUT2D eigenvalue weighted by Gasteiger charge is -2.18. The minimum absolute atomic E-state index is 0.00138. The minimum Gasteiger partial charge on any atom is -0.478 e. The van der Waals surface area contributed by atoms with Gasteiger partial charge in [0.2, 0.25) is 12.0 Å². The van der Waals surface area contributed by atoms with Crippen molar-refractivity contribution in [1.82, 2.24) is 4.98 Å². The van der Waals surface area contributed by atoms with Gasteiger partial charge in [0.1, 0.15) is 11.6 Å². The molecule has 4 rings (SSSR count). The maximum atomic E-state index is 11.9. The lowest BCUT2D eigenvalue weighted by molar-refractivity contribution is -0.145. The molecular formula is C24H16N2O3S. The van der Waals surface area contributed by atoms with Crippen LogP contribution in [-0.4, -0.2) is 16.1 Å². The molecular weight excluding hydrogens is 396 g/mol. The fourth-order valence-electron chi connectivity index (χ4n) is 3.11. The Morgan fingerprint density at radius 2 is 1.73 bits per heavy atom. The molecule has 2 heterocycles. The number of hydrogen-bond acceptors (Lipinski definition) is 5. The largest absolute Gasteiger partial charge is 0.478 e. The lowest BCUT2D eigenvalue weighted by Crippen LogP contribution is -2.19. The fraction of sp³-hybridized carbons (Fsp3) is 0.0417. The predicted molar refractivity (Wildman–Crippen MR) is 115 cm³/mol. The average Bonchev–Trinajstić information content (AvgIpc) is 3.33. The maximum Gasteiger partial charge on any atom is 0.349 e. The van der Waals surface area contributed by atoms with Crippen LogP contribution >= 0.6 is 11.3 Å². The molecule has 146 valence electrons. The Balaban J connectivity index is 1.89. The van der Waals surface area contributed by atoms with Crippen molar-refractivity contribution >= 4 is 17.3 Å². The number of nitriles is 1. The van der Waals surface area contributed by atoms with Crippen LogP contribution in [0.5, 0.6) is 5.88 Å². The molecule has 5 nitrogen and oxygen atoms in total. The zero-order chi connectivity index (χ0) is 20.9. The van der Waals surface area contributed by atoms with E-state index in [0.29, 0.717) is 16.8 Å². The molecule has 0 aliphatic rings. The van der Waals surface area contributed by atoms with E-state index in [1.807, 2.05) is 53.9 Å². The molecule has 0 bridgehead atoms. The highest BCUT2D eigenvalue weighted by atomic mass is 32.1. The van der Waals surface area contributed by atoms with Gasteiger partial charge in [-0.25, -0.2) is 9.78 Å². The quantitative estimate of drug-likeness (QED) is 0.449. The summed E-state index contributed by atoms with van der Waals surface area (Å²) in [5, 5.41) is 21.6. The van der Waals surface area contributed by atoms with E-state index in [2.05, 4.69) is 11.1 Å². The van der Waals surface area contributed by atoms with Crippen LogP contribution in [-0.2, 0) is 4.79 Å². The predicted octanol–water partition coefficient (Wildman–Crippen LogP) is 5.55. The molecule has 0 saturated heterocycles. The molecule has 0 radical (unpaired) electrons. The third-order valence-corrected chi connectivity index (χ3v) is 5.40. The van der Waals surface area contributed by atoms with Crippen molar-refractivity contribution in [2.75, 3.05) is 0 Å². The van der Waals surface area contributed by atoms with Gasteiger partial charge in [0.15, 0.2) is 0 Å². The van der Waals surface area contributed by atoms with Crippen LogP contribution in [0.15, 0.2) is 84.2 Å². The minimum atomic E-state index is -1.28. The smallest absolute Gasteiger partial charge is 0.349 e. The molecule has 2 aromatic heterocycles. The molecule has 1 unspecified atom stereocenters. The Morgan fingerprint density at radius 1 is 1.03 bits per heavy atom. The SMILES string of the molecule is N#Cc1c(-c2ccccc2)cc(-c2cccs2)nc1OC(C(=O)O)c1ccccc1. The van der Waals surface area contributed by atoms with Crippen LogP contribution < -0.4 is 4.74 Å². The number of ether oxygens (including phenoxy) is 1. The van der Waals surface area contributed by atoms with Crippen molar-refractivity contribution < 1.29 is 14.6 Å². The molecule has 0 fully saturated rings. The van der Waals surface area contributed by atoms with E-state index in [4.69, 9.17) is 4.74 Å². The third-order valence-electron chi connectivity index (χ3n) is 4.51. The first-order chi connectivity index (χ1) is 14.7. The highest BCUT2D eigenvalue weighted by molar-refractivity contribution is 7.13. The summed E-state index contributed by atoms with van der Waals surface area (Å²) >= 11 is 1.51. The highest BCUT2D eigenvalue weighted by Gasteiger charge is 2.26. The number of aromatic nitrogens is 1. The summed E-state index contributed by atoms with van der Waals surface area (Å²) in [4.78, 5) is 17.4. The Morgan fingerprint density at radius 3 is 2.33 bits per heavy atom. The molecule has 4 aromatic rings. The number of nitrogens with zero attached hydrogens (tertiary/aromatic N) is 2. The van der Waals surface area contributed by atoms with Crippen LogP contribution in [0, 0.1) is 11.3 Å². The van der Waals surface area contributed by atoms with Gasteiger partial charge in [-0.2, -0.15) is 5.26 Å². The van der Waals surface area contributed by atoms with Crippen molar-refractivity contribution in [3.05, 3.63) is 95.4 Å². The summed E-state index contributed by atoms with van der Waals surface area (Å²) < 4.78 is 5.86. The van der Waals surface area contributed by atoms with E-state index in [0.717, 1.165) is 10.4 Å². The second-order valence-corrected chi connectivity index (χ2v) is 7.38. The van der Waals surface area contributed by atoms with E-state index in [9.17, 15) is 15.2 Å². The van der Waals surface area contributed by atoms with Gasteiger partial charge in [-0.05, 0) is 23.1 Å². The lowest BCUT2D eigenvalue weighted by atomic mass is 10.00. The normalized spacial score (nSPS) is 11.4. The topological polar surface area (TPSA) is 83.2 Å². The molecule has 0 spiro atoms. The summed E-state index contributed by atoms with van der Waals surface area (Å²) in [6, 6.07) is 25.9. The number of thiophene rings is 1. The van der Waals surface area contributed by atoms with E-state index >= 15 is 0 Å². The van der Waals surface area contributed by atoms with Gasteiger partial charge in [-0.15, -0.1) is 11.3 Å². The monoisotopic (exact) mass is 412 g/mol. The first kappa shape index (κ1) is 19.4. The summed E-state index contributed by atoms with van der Waals surface area (Å²) in [6.45, 7) is 0. The standard InChI is InChI=1S/C24H16N2O3S/c25-15-19-18(16-8-3-1-4-9-16)14-20(21-12-7-13-30-21)26-23(19)29-22(24(27)28)17-10-5-2-6-11-17/h1-14,22H,(H,27,28). The maximum absolute atomic E-state index is 11.9. The van der Waals surface area contributed by atoms with Crippen LogP contribution in [0.4, 0.5) is 0 Å². The number of carbonyl (C=O) groups is 1. The molecule has 30 heavy (non-hydrogen) atoms. The number of pyridine rings is 1. The van der Waals surface area contributed by atoms with Crippen LogP contribution in [0.3, 0.4) is 0 Å². The Kier molecular flexibility index (Phi) is 5.55. The second kappa shape index (κ2) is 8.60. The Labute approximate surface area is 177 Å². The molecule has 2 aromatic carbocycles. The van der Waals surface area contributed by atoms with Gasteiger partial charge < -0.3 is 9.84 Å². The van der Waals surface area contributed by atoms with E-state index < -0.39 is 12.1 Å². The van der Waals surface area contributed by atoms with Crippen molar-refractivity contribution in [3.63, 3.8) is 0 Å². The van der Waals surface area contributed by atoms with Gasteiger partial charge in [-0.1, -0.05) is 66.7 Å². The fourth-order valence-corrected chi connectivity index (χ4v) is 3.80. The van der Waals surface area contributed by atoms with Crippen molar-refractivity contribution in [2.24, 2.45) is 0 Å². The number of carboxylic acids is 1. The molecule has 1 N–H and O–H groups in total. The van der Waals surface area contributed by atoms with E-state index in [1.165, 1.54) is 11.3 Å². The van der Waals surface area contributed by atoms with Crippen molar-refractivity contribution in [3.8, 4) is 33.6 Å². The zero-order valence-electron chi connectivity index (χ0n) is 15.7. The molecule has 0 aliphatic carbocycles. The van der Waals surface area contributed by atoms with Crippen LogP contribution in [0.1, 0.15) is 17.2 Å². The third kappa shape index (κ3) is 3.93. The molecule has 0 amide bonds. The first-order valence-corrected chi connectivity index (χ1v) is 10.0. The molecule has 0 aliphatic heterocycles.